The fourth-order valence-electron chi connectivity index (χ4n) is 2.92. The van der Waals surface area contributed by atoms with E-state index in [9.17, 15) is 9.59 Å². The molecule has 1 aliphatic carbocycles. The lowest BCUT2D eigenvalue weighted by Gasteiger charge is -2.37. The van der Waals surface area contributed by atoms with Crippen LogP contribution in [0.1, 0.15) is 52.9 Å². The van der Waals surface area contributed by atoms with Crippen LogP contribution < -0.4 is 5.32 Å². The number of aliphatic carboxylic acids is 1. The van der Waals surface area contributed by atoms with Gasteiger partial charge in [0, 0.05) is 0 Å². The van der Waals surface area contributed by atoms with Crippen LogP contribution in [0.5, 0.6) is 0 Å². The molecule has 4 heteroatoms. The van der Waals surface area contributed by atoms with E-state index in [-0.39, 0.29) is 0 Å². The molecule has 2 N–H and O–H groups in total. The Labute approximate surface area is 109 Å². The van der Waals surface area contributed by atoms with Crippen molar-refractivity contribution in [3.63, 3.8) is 0 Å². The standard InChI is InChI=1S/C14H25NO3/c1-14(2,3)11-6-4-10(5-7-11)8-12(13(17)18)15-9-16/h9-12H,4-8H2,1-3H3,(H,15,16)(H,17,18). The lowest BCUT2D eigenvalue weighted by molar-refractivity contribution is -0.141. The maximum absolute atomic E-state index is 11.0. The smallest absolute Gasteiger partial charge is 0.326 e. The number of nitrogens with one attached hydrogen (secondary N) is 1. The van der Waals surface area contributed by atoms with Crippen LogP contribution in [0.25, 0.3) is 0 Å². The Hall–Kier alpha value is -1.06. The quantitative estimate of drug-likeness (QED) is 0.741. The Bertz CT molecular complexity index is 288. The van der Waals surface area contributed by atoms with E-state index in [2.05, 4.69) is 26.1 Å². The predicted octanol–water partition coefficient (Wildman–Crippen LogP) is 2.43. The molecule has 0 radical (unpaired) electrons. The van der Waals surface area contributed by atoms with Crippen LogP contribution in [0, 0.1) is 17.3 Å². The summed E-state index contributed by atoms with van der Waals surface area (Å²) in [4.78, 5) is 21.3. The van der Waals surface area contributed by atoms with Gasteiger partial charge in [0.15, 0.2) is 0 Å². The van der Waals surface area contributed by atoms with Gasteiger partial charge in [-0.3, -0.25) is 4.79 Å². The van der Waals surface area contributed by atoms with Crippen LogP contribution >= 0.6 is 0 Å². The first-order valence-electron chi connectivity index (χ1n) is 6.77. The highest BCUT2D eigenvalue weighted by Crippen LogP contribution is 2.40. The van der Waals surface area contributed by atoms with E-state index in [4.69, 9.17) is 5.11 Å². The van der Waals surface area contributed by atoms with Gasteiger partial charge in [-0.25, -0.2) is 4.79 Å². The first-order valence-corrected chi connectivity index (χ1v) is 6.77. The van der Waals surface area contributed by atoms with Crippen LogP contribution in [0.4, 0.5) is 0 Å². The Balaban J connectivity index is 2.43. The highest BCUT2D eigenvalue weighted by atomic mass is 16.4. The van der Waals surface area contributed by atoms with Gasteiger partial charge in [0.05, 0.1) is 0 Å². The van der Waals surface area contributed by atoms with E-state index in [0.717, 1.165) is 18.8 Å². The molecule has 0 saturated heterocycles. The number of carbonyl (C=O) groups is 2. The molecule has 1 rings (SSSR count). The van der Waals surface area contributed by atoms with Gasteiger partial charge in [0.2, 0.25) is 6.41 Å². The zero-order valence-corrected chi connectivity index (χ0v) is 11.6. The van der Waals surface area contributed by atoms with Crippen molar-refractivity contribution in [2.45, 2.75) is 58.9 Å². The van der Waals surface area contributed by atoms with E-state index in [1.807, 2.05) is 0 Å². The average molecular weight is 255 g/mol. The molecule has 0 bridgehead atoms. The Morgan fingerprint density at radius 2 is 1.89 bits per heavy atom. The molecule has 104 valence electrons. The topological polar surface area (TPSA) is 66.4 Å². The molecule has 0 aromatic rings. The van der Waals surface area contributed by atoms with E-state index in [1.165, 1.54) is 12.8 Å². The first-order chi connectivity index (χ1) is 8.34. The fraction of sp³-hybridized carbons (Fsp3) is 0.857. The average Bonchev–Trinajstić information content (AvgIpc) is 2.28. The number of rotatable bonds is 5. The second-order valence-corrected chi connectivity index (χ2v) is 6.49. The molecule has 1 amide bonds. The summed E-state index contributed by atoms with van der Waals surface area (Å²) in [5.74, 6) is 0.230. The molecule has 1 unspecified atom stereocenters. The van der Waals surface area contributed by atoms with Crippen molar-refractivity contribution < 1.29 is 14.7 Å². The van der Waals surface area contributed by atoms with Gasteiger partial charge in [-0.2, -0.15) is 0 Å². The van der Waals surface area contributed by atoms with Crippen molar-refractivity contribution in [2.24, 2.45) is 17.3 Å². The van der Waals surface area contributed by atoms with E-state index in [0.29, 0.717) is 24.2 Å². The second kappa shape index (κ2) is 6.21. The van der Waals surface area contributed by atoms with Crippen molar-refractivity contribution in [3.05, 3.63) is 0 Å². The Morgan fingerprint density at radius 3 is 2.28 bits per heavy atom. The molecule has 0 aromatic carbocycles. The van der Waals surface area contributed by atoms with Crippen molar-refractivity contribution in [2.75, 3.05) is 0 Å². The van der Waals surface area contributed by atoms with Gasteiger partial charge in [-0.1, -0.05) is 33.6 Å². The van der Waals surface area contributed by atoms with Crippen molar-refractivity contribution in [3.8, 4) is 0 Å². The summed E-state index contributed by atoms with van der Waals surface area (Å²) < 4.78 is 0. The molecule has 4 nitrogen and oxygen atoms in total. The lowest BCUT2D eigenvalue weighted by atomic mass is 9.69. The van der Waals surface area contributed by atoms with Crippen LogP contribution in [-0.2, 0) is 9.59 Å². The molecule has 1 saturated carbocycles. The van der Waals surface area contributed by atoms with Crippen LogP contribution in [0.2, 0.25) is 0 Å². The van der Waals surface area contributed by atoms with Gasteiger partial charge >= 0.3 is 5.97 Å². The maximum atomic E-state index is 11.0. The monoisotopic (exact) mass is 255 g/mol. The summed E-state index contributed by atoms with van der Waals surface area (Å²) in [5.41, 5.74) is 0.345. The first kappa shape index (κ1) is 15.0. The number of carboxylic acids is 1. The van der Waals surface area contributed by atoms with Gasteiger partial charge < -0.3 is 10.4 Å². The Morgan fingerprint density at radius 1 is 1.33 bits per heavy atom. The highest BCUT2D eigenvalue weighted by molar-refractivity contribution is 5.76. The van der Waals surface area contributed by atoms with Crippen LogP contribution in [-0.4, -0.2) is 23.5 Å². The summed E-state index contributed by atoms with van der Waals surface area (Å²) >= 11 is 0. The van der Waals surface area contributed by atoms with Gasteiger partial charge in [0.25, 0.3) is 0 Å². The largest absolute Gasteiger partial charge is 0.480 e. The molecule has 0 spiro atoms. The van der Waals surface area contributed by atoms with Crippen molar-refractivity contribution in [1.82, 2.24) is 5.32 Å². The third-order valence-electron chi connectivity index (χ3n) is 4.21. The number of carboxylic acid groups (broad SMARTS) is 1. The van der Waals surface area contributed by atoms with Crippen molar-refractivity contribution in [1.29, 1.82) is 0 Å². The van der Waals surface area contributed by atoms with Gasteiger partial charge in [0.1, 0.15) is 6.04 Å². The predicted molar refractivity (Wildman–Crippen MR) is 70.1 cm³/mol. The summed E-state index contributed by atoms with van der Waals surface area (Å²) in [6, 6.07) is -0.723. The van der Waals surface area contributed by atoms with Gasteiger partial charge in [-0.15, -0.1) is 0 Å². The molecule has 0 aliphatic heterocycles. The number of carbonyl (C=O) groups excluding carboxylic acids is 1. The molecule has 18 heavy (non-hydrogen) atoms. The minimum atomic E-state index is -0.931. The third kappa shape index (κ3) is 4.31. The third-order valence-corrected chi connectivity index (χ3v) is 4.21. The molecule has 1 atom stereocenters. The maximum Gasteiger partial charge on any atom is 0.326 e. The molecule has 0 heterocycles. The van der Waals surface area contributed by atoms with E-state index >= 15 is 0 Å². The molecule has 1 aliphatic rings. The summed E-state index contributed by atoms with van der Waals surface area (Å²) in [6.45, 7) is 6.81. The highest BCUT2D eigenvalue weighted by Gasteiger charge is 2.31. The number of hydrogen-bond donors (Lipinski definition) is 2. The number of amides is 1. The Kier molecular flexibility index (Phi) is 5.17. The summed E-state index contributed by atoms with van der Waals surface area (Å²) in [6.07, 6.45) is 5.53. The zero-order chi connectivity index (χ0) is 13.8. The molecular weight excluding hydrogens is 230 g/mol. The zero-order valence-electron chi connectivity index (χ0n) is 11.6. The van der Waals surface area contributed by atoms with E-state index < -0.39 is 12.0 Å². The summed E-state index contributed by atoms with van der Waals surface area (Å²) in [7, 11) is 0. The number of hydrogen-bond acceptors (Lipinski definition) is 2. The minimum absolute atomic E-state index is 0.345. The molecular formula is C14H25NO3. The lowest BCUT2D eigenvalue weighted by Crippen LogP contribution is -2.38. The van der Waals surface area contributed by atoms with Crippen LogP contribution in [0.15, 0.2) is 0 Å². The van der Waals surface area contributed by atoms with E-state index in [1.54, 1.807) is 0 Å². The fourth-order valence-corrected chi connectivity index (χ4v) is 2.92. The van der Waals surface area contributed by atoms with Gasteiger partial charge in [-0.05, 0) is 36.5 Å². The second-order valence-electron chi connectivity index (χ2n) is 6.49. The van der Waals surface area contributed by atoms with Crippen molar-refractivity contribution >= 4 is 12.4 Å². The summed E-state index contributed by atoms with van der Waals surface area (Å²) in [5, 5.41) is 11.4. The molecule has 0 aromatic heterocycles. The minimum Gasteiger partial charge on any atom is -0.480 e. The normalized spacial score (nSPS) is 26.4. The SMILES string of the molecule is CC(C)(C)C1CCC(CC(NC=O)C(=O)O)CC1. The molecule has 1 fully saturated rings. The van der Waals surface area contributed by atoms with Crippen LogP contribution in [0.3, 0.4) is 0 Å².